The summed E-state index contributed by atoms with van der Waals surface area (Å²) in [5, 5.41) is 9.93. The Morgan fingerprint density at radius 3 is 2.29 bits per heavy atom. The Labute approximate surface area is 223 Å². The molecule has 2 amide bonds. The second-order valence-electron chi connectivity index (χ2n) is 10.0. The molecular weight excluding hydrogens is 485 g/mol. The lowest BCUT2D eigenvalue weighted by Gasteiger charge is -2.38. The number of ether oxygens (including phenoxy) is 2. The zero-order valence-corrected chi connectivity index (χ0v) is 22.7. The first-order valence-corrected chi connectivity index (χ1v) is 12.8. The van der Waals surface area contributed by atoms with Crippen LogP contribution in [0.3, 0.4) is 0 Å². The van der Waals surface area contributed by atoms with Crippen LogP contribution in [0, 0.1) is 11.2 Å². The van der Waals surface area contributed by atoms with Gasteiger partial charge in [-0.15, -0.1) is 0 Å². The van der Waals surface area contributed by atoms with E-state index in [0.717, 1.165) is 18.4 Å². The lowest BCUT2D eigenvalue weighted by molar-refractivity contribution is -0.127. The fourth-order valence-corrected chi connectivity index (χ4v) is 4.31. The van der Waals surface area contributed by atoms with Crippen molar-refractivity contribution in [2.45, 2.75) is 46.5 Å². The second-order valence-corrected chi connectivity index (χ2v) is 10.0. The molecule has 0 spiro atoms. The Kier molecular flexibility index (Phi) is 10.1. The number of amides is 2. The Morgan fingerprint density at radius 1 is 1.05 bits per heavy atom. The minimum atomic E-state index is -0.422. The van der Waals surface area contributed by atoms with Crippen molar-refractivity contribution in [1.82, 2.24) is 5.32 Å². The second kappa shape index (κ2) is 13.2. The summed E-state index contributed by atoms with van der Waals surface area (Å²) in [6.07, 6.45) is 4.84. The van der Waals surface area contributed by atoms with E-state index < -0.39 is 5.82 Å². The van der Waals surface area contributed by atoms with E-state index in [0.29, 0.717) is 53.0 Å². The van der Waals surface area contributed by atoms with Crippen molar-refractivity contribution in [3.63, 3.8) is 0 Å². The van der Waals surface area contributed by atoms with E-state index in [1.807, 2.05) is 6.92 Å². The molecular formula is C30H38FN3O4. The molecule has 0 heterocycles. The van der Waals surface area contributed by atoms with Gasteiger partial charge in [-0.3, -0.25) is 9.59 Å². The summed E-state index contributed by atoms with van der Waals surface area (Å²) < 4.78 is 25.8. The van der Waals surface area contributed by atoms with Crippen molar-refractivity contribution < 1.29 is 23.5 Å². The number of hydrogen-bond donors (Lipinski definition) is 3. The van der Waals surface area contributed by atoms with Crippen LogP contribution in [-0.2, 0) is 14.3 Å². The molecule has 3 N–H and O–H groups in total. The van der Waals surface area contributed by atoms with E-state index in [2.05, 4.69) is 29.5 Å². The van der Waals surface area contributed by atoms with Gasteiger partial charge in [-0.05, 0) is 73.2 Å². The smallest absolute Gasteiger partial charge is 0.233 e. The van der Waals surface area contributed by atoms with Crippen LogP contribution in [-0.4, -0.2) is 38.7 Å². The molecule has 0 aromatic heterocycles. The minimum Gasteiger partial charge on any atom is -0.491 e. The molecule has 38 heavy (non-hydrogen) atoms. The quantitative estimate of drug-likeness (QED) is 0.288. The Morgan fingerprint density at radius 2 is 1.71 bits per heavy atom. The molecule has 0 unspecified atom stereocenters. The van der Waals surface area contributed by atoms with E-state index in [1.165, 1.54) is 12.5 Å². The number of nitrogens with one attached hydrogen (secondary N) is 3. The molecule has 0 aliphatic heterocycles. The molecule has 0 atom stereocenters. The van der Waals surface area contributed by atoms with E-state index >= 15 is 4.39 Å². The number of hydrogen-bond acceptors (Lipinski definition) is 5. The number of halogens is 1. The molecule has 8 heteroatoms. The summed E-state index contributed by atoms with van der Waals surface area (Å²) in [5.41, 5.74) is 2.86. The number of methoxy groups -OCH3 is 1. The van der Waals surface area contributed by atoms with Gasteiger partial charge in [-0.1, -0.05) is 26.0 Å². The predicted molar refractivity (Wildman–Crippen MR) is 150 cm³/mol. The third-order valence-corrected chi connectivity index (χ3v) is 6.82. The van der Waals surface area contributed by atoms with Gasteiger partial charge >= 0.3 is 0 Å². The normalized spacial score (nSPS) is 15.5. The molecule has 2 aromatic rings. The monoisotopic (exact) mass is 523 g/mol. The first kappa shape index (κ1) is 28.9. The highest BCUT2D eigenvalue weighted by Crippen LogP contribution is 2.39. The number of anilines is 2. The highest BCUT2D eigenvalue weighted by atomic mass is 19.1. The summed E-state index contributed by atoms with van der Waals surface area (Å²) in [6.45, 7) is 10.9. The van der Waals surface area contributed by atoms with Crippen molar-refractivity contribution in [2.24, 2.45) is 5.41 Å². The third kappa shape index (κ3) is 7.92. The molecule has 204 valence electrons. The van der Waals surface area contributed by atoms with E-state index in [-0.39, 0.29) is 23.7 Å². The van der Waals surface area contributed by atoms with Crippen molar-refractivity contribution >= 4 is 34.5 Å². The topological polar surface area (TPSA) is 88.7 Å². The fourth-order valence-electron chi connectivity index (χ4n) is 4.31. The Bertz CT molecular complexity index is 1280. The van der Waals surface area contributed by atoms with Gasteiger partial charge in [0.2, 0.25) is 11.8 Å². The maximum absolute atomic E-state index is 15.2. The molecule has 2 aromatic carbocycles. The average molecular weight is 524 g/mol. The SMILES string of the molecule is C=C/C(C)=c1/cc(OCCOC)cc(F)/c1=C(/C)Nc1ccc(NC(=O)CC(=O)NCC2(C)CCC2)cc1. The summed E-state index contributed by atoms with van der Waals surface area (Å²) in [6, 6.07) is 10.2. The van der Waals surface area contributed by atoms with Crippen molar-refractivity contribution in [3.05, 3.63) is 65.3 Å². The van der Waals surface area contributed by atoms with Crippen LogP contribution >= 0.6 is 0 Å². The molecule has 1 saturated carbocycles. The molecule has 1 aliphatic rings. The zero-order valence-electron chi connectivity index (χ0n) is 22.7. The standard InChI is InChI=1S/C30H38FN3O4/c1-6-20(2)25-16-24(38-15-14-37-5)17-26(31)29(25)21(3)33-22-8-10-23(11-9-22)34-28(36)18-27(35)32-19-30(4)12-7-13-30/h6,8-11,16-17,33H,1,7,12-15,18-19H2,2-5H3,(H,32,35)(H,34,36)/b25-20-,29-21-. The summed E-state index contributed by atoms with van der Waals surface area (Å²) in [5.74, 6) is -0.661. The van der Waals surface area contributed by atoms with Gasteiger partial charge in [0, 0.05) is 42.0 Å². The number of carbonyl (C=O) groups is 2. The average Bonchev–Trinajstić information content (AvgIpc) is 2.86. The number of benzene rings is 2. The highest BCUT2D eigenvalue weighted by molar-refractivity contribution is 6.03. The fraction of sp³-hybridized carbons (Fsp3) is 0.400. The Balaban J connectivity index is 1.68. The van der Waals surface area contributed by atoms with E-state index in [4.69, 9.17) is 9.47 Å². The highest BCUT2D eigenvalue weighted by Gasteiger charge is 2.31. The van der Waals surface area contributed by atoms with Gasteiger partial charge in [0.05, 0.1) is 6.61 Å². The van der Waals surface area contributed by atoms with E-state index in [9.17, 15) is 9.59 Å². The number of allylic oxidation sites excluding steroid dienone is 1. The van der Waals surface area contributed by atoms with Crippen LogP contribution in [0.1, 0.15) is 46.5 Å². The lowest BCUT2D eigenvalue weighted by atomic mass is 9.70. The molecule has 3 rings (SSSR count). The summed E-state index contributed by atoms with van der Waals surface area (Å²) >= 11 is 0. The number of carbonyl (C=O) groups excluding carboxylic acids is 2. The van der Waals surface area contributed by atoms with Gasteiger partial charge < -0.3 is 25.4 Å². The van der Waals surface area contributed by atoms with E-state index in [1.54, 1.807) is 50.4 Å². The van der Waals surface area contributed by atoms with Crippen molar-refractivity contribution in [2.75, 3.05) is 37.5 Å². The first-order valence-electron chi connectivity index (χ1n) is 12.8. The maximum Gasteiger partial charge on any atom is 0.233 e. The van der Waals surface area contributed by atoms with Crippen LogP contribution < -0.4 is 31.1 Å². The van der Waals surface area contributed by atoms with Gasteiger partial charge in [0.1, 0.15) is 24.6 Å². The zero-order chi connectivity index (χ0) is 27.7. The summed E-state index contributed by atoms with van der Waals surface area (Å²) in [4.78, 5) is 24.4. The van der Waals surface area contributed by atoms with Crippen molar-refractivity contribution in [3.8, 4) is 5.75 Å². The maximum atomic E-state index is 15.2. The molecule has 1 aliphatic carbocycles. The minimum absolute atomic E-state index is 0.163. The first-order chi connectivity index (χ1) is 18.1. The van der Waals surface area contributed by atoms with Crippen LogP contribution in [0.15, 0.2) is 49.1 Å². The molecule has 7 nitrogen and oxygen atoms in total. The largest absolute Gasteiger partial charge is 0.491 e. The summed E-state index contributed by atoms with van der Waals surface area (Å²) in [7, 11) is 1.58. The van der Waals surface area contributed by atoms with Gasteiger partial charge in [0.25, 0.3) is 0 Å². The number of rotatable bonds is 12. The van der Waals surface area contributed by atoms with Crippen LogP contribution in [0.2, 0.25) is 0 Å². The Hall–Kier alpha value is -3.65. The van der Waals surface area contributed by atoms with Gasteiger partial charge in [0.15, 0.2) is 0 Å². The van der Waals surface area contributed by atoms with Crippen molar-refractivity contribution in [1.29, 1.82) is 0 Å². The van der Waals surface area contributed by atoms with Crippen LogP contribution in [0.25, 0.3) is 11.3 Å². The predicted octanol–water partition coefficient (Wildman–Crippen LogP) is 4.08. The van der Waals surface area contributed by atoms with Gasteiger partial charge in [-0.25, -0.2) is 4.39 Å². The van der Waals surface area contributed by atoms with Crippen LogP contribution in [0.5, 0.6) is 5.75 Å². The van der Waals surface area contributed by atoms with Gasteiger partial charge in [-0.2, -0.15) is 0 Å². The molecule has 0 radical (unpaired) electrons. The molecule has 0 saturated heterocycles. The van der Waals surface area contributed by atoms with Crippen LogP contribution in [0.4, 0.5) is 15.8 Å². The molecule has 0 bridgehead atoms. The third-order valence-electron chi connectivity index (χ3n) is 6.82. The lowest BCUT2D eigenvalue weighted by Crippen LogP contribution is -2.40. The molecule has 1 fully saturated rings.